The second-order valence-corrected chi connectivity index (χ2v) is 4.47. The first-order chi connectivity index (χ1) is 8.20. The SMILES string of the molecule is NCC1CCCC1Oc1ccc(C(N)=O)cc1. The lowest BCUT2D eigenvalue weighted by atomic mass is 10.1. The molecule has 1 aromatic rings. The Balaban J connectivity index is 2.01. The van der Waals surface area contributed by atoms with Crippen molar-refractivity contribution in [3.63, 3.8) is 0 Å². The largest absolute Gasteiger partial charge is 0.490 e. The maximum atomic E-state index is 10.9. The third kappa shape index (κ3) is 2.77. The van der Waals surface area contributed by atoms with Crippen molar-refractivity contribution in [1.29, 1.82) is 0 Å². The van der Waals surface area contributed by atoms with Gasteiger partial charge in [0.1, 0.15) is 11.9 Å². The van der Waals surface area contributed by atoms with Gasteiger partial charge in [-0.15, -0.1) is 0 Å². The lowest BCUT2D eigenvalue weighted by molar-refractivity contribution is 0.1000. The van der Waals surface area contributed by atoms with Crippen LogP contribution in [0.15, 0.2) is 24.3 Å². The van der Waals surface area contributed by atoms with E-state index in [1.54, 1.807) is 24.3 Å². The maximum Gasteiger partial charge on any atom is 0.248 e. The monoisotopic (exact) mass is 234 g/mol. The number of hydrogen-bond acceptors (Lipinski definition) is 3. The summed E-state index contributed by atoms with van der Waals surface area (Å²) in [5, 5.41) is 0. The average Bonchev–Trinajstić information content (AvgIpc) is 2.77. The Labute approximate surface area is 101 Å². The first-order valence-corrected chi connectivity index (χ1v) is 5.97. The van der Waals surface area contributed by atoms with Crippen LogP contribution < -0.4 is 16.2 Å². The van der Waals surface area contributed by atoms with Gasteiger partial charge in [0.15, 0.2) is 0 Å². The molecule has 1 aromatic carbocycles. The van der Waals surface area contributed by atoms with Gasteiger partial charge in [0.05, 0.1) is 0 Å². The molecule has 1 aliphatic rings. The summed E-state index contributed by atoms with van der Waals surface area (Å²) in [4.78, 5) is 10.9. The van der Waals surface area contributed by atoms with Gasteiger partial charge >= 0.3 is 0 Å². The molecule has 1 saturated carbocycles. The van der Waals surface area contributed by atoms with E-state index in [1.807, 2.05) is 0 Å². The van der Waals surface area contributed by atoms with E-state index < -0.39 is 5.91 Å². The van der Waals surface area contributed by atoms with Gasteiger partial charge in [0.2, 0.25) is 5.91 Å². The summed E-state index contributed by atoms with van der Waals surface area (Å²) in [5.41, 5.74) is 11.4. The molecule has 4 heteroatoms. The Morgan fingerprint density at radius 1 is 1.29 bits per heavy atom. The van der Waals surface area contributed by atoms with Crippen LogP contribution in [0.3, 0.4) is 0 Å². The Kier molecular flexibility index (Phi) is 3.64. The lowest BCUT2D eigenvalue weighted by Crippen LogP contribution is -2.27. The van der Waals surface area contributed by atoms with Gasteiger partial charge in [-0.2, -0.15) is 0 Å². The Bertz CT molecular complexity index is 389. The highest BCUT2D eigenvalue weighted by molar-refractivity contribution is 5.92. The van der Waals surface area contributed by atoms with E-state index >= 15 is 0 Å². The van der Waals surface area contributed by atoms with Crippen LogP contribution in [0, 0.1) is 5.92 Å². The fraction of sp³-hybridized carbons (Fsp3) is 0.462. The number of carbonyl (C=O) groups is 1. The van der Waals surface area contributed by atoms with Crippen LogP contribution in [-0.4, -0.2) is 18.6 Å². The molecule has 1 fully saturated rings. The summed E-state index contributed by atoms with van der Waals surface area (Å²) in [7, 11) is 0. The minimum absolute atomic E-state index is 0.208. The predicted molar refractivity (Wildman–Crippen MR) is 65.8 cm³/mol. The van der Waals surface area contributed by atoms with Crippen LogP contribution in [0.2, 0.25) is 0 Å². The second-order valence-electron chi connectivity index (χ2n) is 4.47. The van der Waals surface area contributed by atoms with E-state index in [1.165, 1.54) is 6.42 Å². The highest BCUT2D eigenvalue weighted by Gasteiger charge is 2.27. The smallest absolute Gasteiger partial charge is 0.248 e. The lowest BCUT2D eigenvalue weighted by Gasteiger charge is -2.19. The molecule has 0 bridgehead atoms. The van der Waals surface area contributed by atoms with Crippen LogP contribution in [0.4, 0.5) is 0 Å². The summed E-state index contributed by atoms with van der Waals surface area (Å²) < 4.78 is 5.88. The molecule has 0 aromatic heterocycles. The third-order valence-corrected chi connectivity index (χ3v) is 3.32. The Morgan fingerprint density at radius 2 is 2.00 bits per heavy atom. The summed E-state index contributed by atoms with van der Waals surface area (Å²) in [6, 6.07) is 6.94. The quantitative estimate of drug-likeness (QED) is 0.824. The van der Waals surface area contributed by atoms with Crippen molar-refractivity contribution < 1.29 is 9.53 Å². The first kappa shape index (κ1) is 11.9. The van der Waals surface area contributed by atoms with Gasteiger partial charge in [-0.05, 0) is 50.1 Å². The van der Waals surface area contributed by atoms with Crippen LogP contribution in [0.1, 0.15) is 29.6 Å². The predicted octanol–water partition coefficient (Wildman–Crippen LogP) is 1.29. The maximum absolute atomic E-state index is 10.9. The average molecular weight is 234 g/mol. The first-order valence-electron chi connectivity index (χ1n) is 5.97. The minimum atomic E-state index is -0.419. The number of benzene rings is 1. The van der Waals surface area contributed by atoms with Gasteiger partial charge in [-0.3, -0.25) is 4.79 Å². The molecule has 2 unspecified atom stereocenters. The standard InChI is InChI=1S/C13H18N2O2/c14-8-10-2-1-3-12(10)17-11-6-4-9(5-7-11)13(15)16/h4-7,10,12H,1-3,8,14H2,(H2,15,16). The van der Waals surface area contributed by atoms with Crippen molar-refractivity contribution >= 4 is 5.91 Å². The molecule has 0 saturated heterocycles. The number of amides is 1. The zero-order chi connectivity index (χ0) is 12.3. The summed E-state index contributed by atoms with van der Waals surface area (Å²) >= 11 is 0. The number of carbonyl (C=O) groups excluding carboxylic acids is 1. The Hall–Kier alpha value is -1.55. The van der Waals surface area contributed by atoms with Gasteiger partial charge in [-0.1, -0.05) is 0 Å². The molecule has 0 radical (unpaired) electrons. The number of ether oxygens (including phenoxy) is 1. The van der Waals surface area contributed by atoms with E-state index in [-0.39, 0.29) is 6.10 Å². The summed E-state index contributed by atoms with van der Waals surface area (Å²) in [6.07, 6.45) is 3.57. The normalized spacial score (nSPS) is 23.6. The van der Waals surface area contributed by atoms with Gasteiger partial charge in [-0.25, -0.2) is 0 Å². The molecule has 2 atom stereocenters. The molecule has 0 heterocycles. The fourth-order valence-electron chi connectivity index (χ4n) is 2.30. The molecule has 4 N–H and O–H groups in total. The van der Waals surface area contributed by atoms with Crippen molar-refractivity contribution in [1.82, 2.24) is 0 Å². The van der Waals surface area contributed by atoms with Gasteiger partial charge in [0.25, 0.3) is 0 Å². The minimum Gasteiger partial charge on any atom is -0.490 e. The van der Waals surface area contributed by atoms with E-state index in [2.05, 4.69) is 0 Å². The topological polar surface area (TPSA) is 78.3 Å². The zero-order valence-corrected chi connectivity index (χ0v) is 9.76. The number of nitrogens with two attached hydrogens (primary N) is 2. The molecule has 1 amide bonds. The van der Waals surface area contributed by atoms with Crippen molar-refractivity contribution in [2.45, 2.75) is 25.4 Å². The molecule has 17 heavy (non-hydrogen) atoms. The second kappa shape index (κ2) is 5.19. The number of hydrogen-bond donors (Lipinski definition) is 2. The highest BCUT2D eigenvalue weighted by atomic mass is 16.5. The van der Waals surface area contributed by atoms with Gasteiger partial charge < -0.3 is 16.2 Å². The molecule has 92 valence electrons. The highest BCUT2D eigenvalue weighted by Crippen LogP contribution is 2.29. The van der Waals surface area contributed by atoms with Crippen LogP contribution >= 0.6 is 0 Å². The van der Waals surface area contributed by atoms with Crippen molar-refractivity contribution in [3.8, 4) is 5.75 Å². The van der Waals surface area contributed by atoms with Crippen LogP contribution in [0.25, 0.3) is 0 Å². The van der Waals surface area contributed by atoms with Gasteiger partial charge in [0, 0.05) is 11.5 Å². The summed E-state index contributed by atoms with van der Waals surface area (Å²) in [5.74, 6) is 0.809. The van der Waals surface area contributed by atoms with E-state index in [0.29, 0.717) is 18.0 Å². The van der Waals surface area contributed by atoms with Crippen LogP contribution in [-0.2, 0) is 0 Å². The zero-order valence-electron chi connectivity index (χ0n) is 9.76. The molecule has 0 aliphatic heterocycles. The number of primary amides is 1. The molecule has 1 aliphatic carbocycles. The van der Waals surface area contributed by atoms with Crippen molar-refractivity contribution in [2.24, 2.45) is 17.4 Å². The Morgan fingerprint density at radius 3 is 2.59 bits per heavy atom. The molecular weight excluding hydrogens is 216 g/mol. The van der Waals surface area contributed by atoms with E-state index in [4.69, 9.17) is 16.2 Å². The van der Waals surface area contributed by atoms with Crippen molar-refractivity contribution in [2.75, 3.05) is 6.54 Å². The van der Waals surface area contributed by atoms with E-state index in [9.17, 15) is 4.79 Å². The van der Waals surface area contributed by atoms with Crippen molar-refractivity contribution in [3.05, 3.63) is 29.8 Å². The third-order valence-electron chi connectivity index (χ3n) is 3.32. The molecular formula is C13H18N2O2. The fourth-order valence-corrected chi connectivity index (χ4v) is 2.30. The van der Waals surface area contributed by atoms with Crippen LogP contribution in [0.5, 0.6) is 5.75 Å². The number of rotatable bonds is 4. The summed E-state index contributed by atoms with van der Waals surface area (Å²) in [6.45, 7) is 0.671. The molecule has 0 spiro atoms. The molecule has 2 rings (SSSR count). The van der Waals surface area contributed by atoms with E-state index in [0.717, 1.165) is 18.6 Å². The molecule has 4 nitrogen and oxygen atoms in total.